The number of nitrogens with two attached hydrogens (primary N) is 1. The van der Waals surface area contributed by atoms with Crippen LogP contribution in [0.2, 0.25) is 0 Å². The number of carbonyl (C=O) groups excluding carboxylic acids is 1. The summed E-state index contributed by atoms with van der Waals surface area (Å²) in [5.74, 6) is -0.0983. The first-order chi connectivity index (χ1) is 8.25. The maximum Gasteiger partial charge on any atom is 0.248 e. The van der Waals surface area contributed by atoms with Crippen molar-refractivity contribution in [1.82, 2.24) is 0 Å². The number of aliphatic hydroxyl groups excluding tert-OH is 1. The number of aliphatic hydroxyl groups is 1. The van der Waals surface area contributed by atoms with E-state index in [0.29, 0.717) is 13.2 Å². The van der Waals surface area contributed by atoms with E-state index in [-0.39, 0.29) is 19.1 Å². The number of rotatable bonds is 5. The lowest BCUT2D eigenvalue weighted by molar-refractivity contribution is -0.119. The van der Waals surface area contributed by atoms with Crippen LogP contribution < -0.4 is 10.6 Å². The topological polar surface area (TPSA) is 75.8 Å². The first-order valence-corrected chi connectivity index (χ1v) is 5.60. The van der Waals surface area contributed by atoms with Crippen molar-refractivity contribution in [3.63, 3.8) is 0 Å². The van der Waals surface area contributed by atoms with Gasteiger partial charge in [0.05, 0.1) is 19.8 Å². The molecule has 1 atom stereocenters. The lowest BCUT2D eigenvalue weighted by atomic mass is 10.1. The van der Waals surface area contributed by atoms with Crippen molar-refractivity contribution in [2.75, 3.05) is 31.3 Å². The summed E-state index contributed by atoms with van der Waals surface area (Å²) in [5.41, 5.74) is 7.56. The van der Waals surface area contributed by atoms with Gasteiger partial charge in [0.2, 0.25) is 5.91 Å². The fraction of sp³-hybridized carbons (Fsp3) is 0.417. The molecule has 17 heavy (non-hydrogen) atoms. The zero-order valence-corrected chi connectivity index (χ0v) is 9.50. The van der Waals surface area contributed by atoms with Crippen molar-refractivity contribution >= 4 is 11.6 Å². The van der Waals surface area contributed by atoms with Crippen molar-refractivity contribution in [2.45, 2.75) is 6.04 Å². The second kappa shape index (κ2) is 5.27. The second-order valence-electron chi connectivity index (χ2n) is 3.86. The van der Waals surface area contributed by atoms with E-state index >= 15 is 0 Å². The summed E-state index contributed by atoms with van der Waals surface area (Å²) < 4.78 is 5.16. The van der Waals surface area contributed by atoms with Crippen LogP contribution in [0, 0.1) is 0 Å². The highest BCUT2D eigenvalue weighted by molar-refractivity contribution is 6.04. The smallest absolute Gasteiger partial charge is 0.248 e. The van der Waals surface area contributed by atoms with E-state index in [1.807, 2.05) is 24.3 Å². The first kappa shape index (κ1) is 12.0. The normalized spacial score (nSPS) is 18.6. The van der Waals surface area contributed by atoms with Crippen LogP contribution in [0.15, 0.2) is 24.3 Å². The van der Waals surface area contributed by atoms with Crippen molar-refractivity contribution in [2.24, 2.45) is 5.73 Å². The van der Waals surface area contributed by atoms with E-state index in [1.165, 1.54) is 0 Å². The Hall–Kier alpha value is -1.43. The fourth-order valence-corrected chi connectivity index (χ4v) is 1.97. The molecule has 92 valence electrons. The number of hydrogen-bond acceptors (Lipinski definition) is 4. The third-order valence-electron chi connectivity index (χ3n) is 2.79. The van der Waals surface area contributed by atoms with Gasteiger partial charge in [-0.3, -0.25) is 4.79 Å². The lowest BCUT2D eigenvalue weighted by Crippen LogP contribution is -2.34. The van der Waals surface area contributed by atoms with Gasteiger partial charge in [0, 0.05) is 17.8 Å². The number of fused-ring (bicyclic) bond motifs is 1. The molecule has 0 radical (unpaired) electrons. The largest absolute Gasteiger partial charge is 0.394 e. The highest BCUT2D eigenvalue weighted by Crippen LogP contribution is 2.33. The minimum atomic E-state index is -0.566. The van der Waals surface area contributed by atoms with Crippen LogP contribution >= 0.6 is 0 Å². The van der Waals surface area contributed by atoms with Crippen LogP contribution in [0.5, 0.6) is 0 Å². The lowest BCUT2D eigenvalue weighted by Gasteiger charge is -2.17. The summed E-state index contributed by atoms with van der Waals surface area (Å²) in [4.78, 5) is 13.6. The molecule has 1 aromatic rings. The van der Waals surface area contributed by atoms with E-state index in [0.717, 1.165) is 11.3 Å². The maximum absolute atomic E-state index is 11.9. The summed E-state index contributed by atoms with van der Waals surface area (Å²) in [5, 5.41) is 8.58. The molecule has 1 aliphatic rings. The minimum absolute atomic E-state index is 0.00987. The molecule has 0 saturated carbocycles. The second-order valence-corrected chi connectivity index (χ2v) is 3.86. The molecule has 5 nitrogen and oxygen atoms in total. The summed E-state index contributed by atoms with van der Waals surface area (Å²) in [6.07, 6.45) is 0. The number of anilines is 1. The number of ether oxygens (including phenoxy) is 1. The zero-order chi connectivity index (χ0) is 12.3. The Bertz CT molecular complexity index is 408. The van der Waals surface area contributed by atoms with Gasteiger partial charge in [0.1, 0.15) is 6.04 Å². The molecule has 2 rings (SSSR count). The van der Waals surface area contributed by atoms with E-state index in [2.05, 4.69) is 0 Å². The Balaban J connectivity index is 2.05. The van der Waals surface area contributed by atoms with Gasteiger partial charge in [-0.2, -0.15) is 0 Å². The molecule has 0 bridgehead atoms. The molecule has 1 amide bonds. The number of benzene rings is 1. The van der Waals surface area contributed by atoms with Crippen LogP contribution in [0.4, 0.5) is 5.69 Å². The van der Waals surface area contributed by atoms with E-state index in [4.69, 9.17) is 15.6 Å². The van der Waals surface area contributed by atoms with Gasteiger partial charge in [-0.15, -0.1) is 0 Å². The summed E-state index contributed by atoms with van der Waals surface area (Å²) in [6, 6.07) is 6.94. The molecule has 1 heterocycles. The van der Waals surface area contributed by atoms with Crippen LogP contribution in [0.1, 0.15) is 11.6 Å². The highest BCUT2D eigenvalue weighted by Gasteiger charge is 2.33. The van der Waals surface area contributed by atoms with Crippen molar-refractivity contribution in [3.05, 3.63) is 29.8 Å². The number of para-hydroxylation sites is 1. The molecule has 1 unspecified atom stereocenters. The van der Waals surface area contributed by atoms with Gasteiger partial charge in [0.15, 0.2) is 0 Å². The first-order valence-electron chi connectivity index (χ1n) is 5.60. The number of nitrogens with zero attached hydrogens (tertiary/aromatic N) is 1. The molecule has 0 aliphatic carbocycles. The van der Waals surface area contributed by atoms with Gasteiger partial charge in [-0.25, -0.2) is 0 Å². The number of carbonyl (C=O) groups is 1. The molecule has 0 fully saturated rings. The third kappa shape index (κ3) is 2.31. The number of amides is 1. The summed E-state index contributed by atoms with van der Waals surface area (Å²) in [6.45, 7) is 1.14. The number of hydrogen-bond donors (Lipinski definition) is 2. The molecule has 5 heteroatoms. The average molecular weight is 236 g/mol. The van der Waals surface area contributed by atoms with Gasteiger partial charge in [-0.05, 0) is 6.07 Å². The zero-order valence-electron chi connectivity index (χ0n) is 9.50. The summed E-state index contributed by atoms with van der Waals surface area (Å²) >= 11 is 0. The quantitative estimate of drug-likeness (QED) is 0.708. The van der Waals surface area contributed by atoms with Crippen molar-refractivity contribution in [1.29, 1.82) is 0 Å². The standard InChI is InChI=1S/C12H16N2O3/c13-11-9-3-1-2-4-10(9)14(12(11)16)5-7-17-8-6-15/h1-4,11,15H,5-8,13H2. The molecule has 0 saturated heterocycles. The van der Waals surface area contributed by atoms with Crippen molar-refractivity contribution in [3.8, 4) is 0 Å². The van der Waals surface area contributed by atoms with Gasteiger partial charge in [-0.1, -0.05) is 18.2 Å². The maximum atomic E-state index is 11.9. The summed E-state index contributed by atoms with van der Waals surface area (Å²) in [7, 11) is 0. The van der Waals surface area contributed by atoms with Crippen LogP contribution in [0.25, 0.3) is 0 Å². The van der Waals surface area contributed by atoms with Crippen LogP contribution in [0.3, 0.4) is 0 Å². The Morgan fingerprint density at radius 3 is 2.88 bits per heavy atom. The Morgan fingerprint density at radius 2 is 2.12 bits per heavy atom. The van der Waals surface area contributed by atoms with E-state index in [9.17, 15) is 4.79 Å². The molecular formula is C12H16N2O3. The molecule has 1 aromatic carbocycles. The van der Waals surface area contributed by atoms with Gasteiger partial charge in [0.25, 0.3) is 0 Å². The molecule has 3 N–H and O–H groups in total. The Labute approximate surface area is 99.8 Å². The monoisotopic (exact) mass is 236 g/mol. The van der Waals surface area contributed by atoms with E-state index < -0.39 is 6.04 Å². The predicted molar refractivity (Wildman–Crippen MR) is 63.6 cm³/mol. The highest BCUT2D eigenvalue weighted by atomic mass is 16.5. The molecule has 1 aliphatic heterocycles. The SMILES string of the molecule is NC1C(=O)N(CCOCCO)c2ccccc21. The molecule has 0 aromatic heterocycles. The van der Waals surface area contributed by atoms with E-state index in [1.54, 1.807) is 4.90 Å². The molecule has 0 spiro atoms. The third-order valence-corrected chi connectivity index (χ3v) is 2.79. The molecular weight excluding hydrogens is 220 g/mol. The fourth-order valence-electron chi connectivity index (χ4n) is 1.97. The predicted octanol–water partition coefficient (Wildman–Crippen LogP) is 0.0419. The van der Waals surface area contributed by atoms with Gasteiger partial charge >= 0.3 is 0 Å². The Morgan fingerprint density at radius 1 is 1.35 bits per heavy atom. The average Bonchev–Trinajstić information content (AvgIpc) is 2.60. The van der Waals surface area contributed by atoms with Crippen molar-refractivity contribution < 1.29 is 14.6 Å². The van der Waals surface area contributed by atoms with Crippen LogP contribution in [-0.4, -0.2) is 37.4 Å². The van der Waals surface area contributed by atoms with Crippen LogP contribution in [-0.2, 0) is 9.53 Å². The van der Waals surface area contributed by atoms with Gasteiger partial charge < -0.3 is 20.5 Å². The Kier molecular flexibility index (Phi) is 3.73. The minimum Gasteiger partial charge on any atom is -0.394 e.